The third kappa shape index (κ3) is 3.61. The predicted molar refractivity (Wildman–Crippen MR) is 134 cm³/mol. The maximum atomic E-state index is 5.94. The van der Waals surface area contributed by atoms with Gasteiger partial charge < -0.3 is 8.83 Å². The Morgan fingerprint density at radius 2 is 0.794 bits per heavy atom. The molecule has 0 aliphatic heterocycles. The molecule has 0 unspecified atom stereocenters. The van der Waals surface area contributed by atoms with Crippen LogP contribution in [0.15, 0.2) is 141 Å². The monoisotopic (exact) mass is 440 g/mol. The van der Waals surface area contributed by atoms with Crippen molar-refractivity contribution >= 4 is 21.9 Å². The van der Waals surface area contributed by atoms with Gasteiger partial charge in [0.1, 0.15) is 34.4 Å². The molecule has 0 spiro atoms. The molecule has 0 atom stereocenters. The zero-order valence-corrected chi connectivity index (χ0v) is 18.3. The summed E-state index contributed by atoms with van der Waals surface area (Å²) in [5.41, 5.74) is 5.31. The average molecular weight is 441 g/mol. The van der Waals surface area contributed by atoms with Gasteiger partial charge in [-0.05, 0) is 35.4 Å². The Labute approximate surface area is 195 Å². The lowest BCUT2D eigenvalue weighted by Crippen LogP contribution is -2.11. The lowest BCUT2D eigenvalue weighted by molar-refractivity contribution is 0.602. The van der Waals surface area contributed by atoms with Gasteiger partial charge in [-0.2, -0.15) is 0 Å². The second kappa shape index (κ2) is 8.68. The Bertz CT molecular complexity index is 1620. The second-order valence-electron chi connectivity index (χ2n) is 7.92. The Morgan fingerprint density at radius 1 is 0.412 bits per heavy atom. The highest BCUT2D eigenvalue weighted by Crippen LogP contribution is 2.21. The molecule has 162 valence electrons. The molecule has 2 heterocycles. The molecule has 4 aromatic carbocycles. The summed E-state index contributed by atoms with van der Waals surface area (Å²) in [4.78, 5) is 0. The van der Waals surface area contributed by atoms with E-state index in [0.29, 0.717) is 0 Å². The third-order valence-electron chi connectivity index (χ3n) is 5.82. The van der Waals surface area contributed by atoms with E-state index in [1.807, 2.05) is 109 Å². The van der Waals surface area contributed by atoms with Gasteiger partial charge in [-0.15, -0.1) is 10.2 Å². The molecule has 0 bridgehead atoms. The third-order valence-corrected chi connectivity index (χ3v) is 5.82. The van der Waals surface area contributed by atoms with Crippen LogP contribution < -0.4 is 10.7 Å². The van der Waals surface area contributed by atoms with Gasteiger partial charge in [-0.1, -0.05) is 84.9 Å². The highest BCUT2D eigenvalue weighted by atomic mass is 16.3. The van der Waals surface area contributed by atoms with Gasteiger partial charge in [0.05, 0.1) is 0 Å². The van der Waals surface area contributed by atoms with E-state index in [4.69, 9.17) is 19.0 Å². The second-order valence-corrected chi connectivity index (χ2v) is 7.92. The molecule has 0 fully saturated rings. The van der Waals surface area contributed by atoms with Crippen molar-refractivity contribution in [2.75, 3.05) is 0 Å². The Hall–Kier alpha value is -4.70. The fraction of sp³-hybridized carbons (Fsp3) is 0. The average Bonchev–Trinajstić information content (AvgIpc) is 2.92. The maximum Gasteiger partial charge on any atom is 0.136 e. The van der Waals surface area contributed by atoms with Crippen LogP contribution in [0.25, 0.3) is 44.2 Å². The molecular formula is C30H20N2O2. The van der Waals surface area contributed by atoms with Crippen LogP contribution in [0, 0.1) is 0 Å². The number of fused-ring (bicyclic) bond motifs is 2. The van der Waals surface area contributed by atoms with Gasteiger partial charge in [-0.3, -0.25) is 0 Å². The van der Waals surface area contributed by atoms with Gasteiger partial charge in [0.25, 0.3) is 0 Å². The number of rotatable bonds is 3. The van der Waals surface area contributed by atoms with Crippen molar-refractivity contribution in [3.63, 3.8) is 0 Å². The molecule has 6 rings (SSSR count). The van der Waals surface area contributed by atoms with E-state index in [2.05, 4.69) is 0 Å². The summed E-state index contributed by atoms with van der Waals surface area (Å²) in [6, 6.07) is 36.0. The molecule has 2 aromatic heterocycles. The van der Waals surface area contributed by atoms with Crippen LogP contribution in [0.1, 0.15) is 0 Å². The molecule has 0 saturated heterocycles. The summed E-state index contributed by atoms with van der Waals surface area (Å²) in [5.74, 6) is 0. The Kier molecular flexibility index (Phi) is 5.09. The molecule has 6 aromatic rings. The molecule has 0 radical (unpaired) electrons. The molecule has 0 saturated carbocycles. The van der Waals surface area contributed by atoms with Crippen LogP contribution in [0.2, 0.25) is 0 Å². The number of para-hydroxylation sites is 2. The zero-order valence-electron chi connectivity index (χ0n) is 18.3. The summed E-state index contributed by atoms with van der Waals surface area (Å²) in [6.07, 6.45) is 3.51. The van der Waals surface area contributed by atoms with E-state index >= 15 is 0 Å². The molecule has 0 amide bonds. The van der Waals surface area contributed by atoms with Gasteiger partial charge >= 0.3 is 0 Å². The van der Waals surface area contributed by atoms with Crippen LogP contribution in [0.4, 0.5) is 0 Å². The Balaban J connectivity index is 1.72. The first-order chi connectivity index (χ1) is 16.9. The zero-order chi connectivity index (χ0) is 22.7. The van der Waals surface area contributed by atoms with Crippen LogP contribution in [-0.4, -0.2) is 0 Å². The van der Waals surface area contributed by atoms with Crippen molar-refractivity contribution in [3.8, 4) is 22.3 Å². The van der Waals surface area contributed by atoms with Gasteiger partial charge in [0, 0.05) is 21.9 Å². The Morgan fingerprint density at radius 3 is 1.24 bits per heavy atom. The summed E-state index contributed by atoms with van der Waals surface area (Å²) in [5, 5.41) is 13.0. The highest BCUT2D eigenvalue weighted by molar-refractivity contribution is 5.82. The smallest absolute Gasteiger partial charge is 0.136 e. The topological polar surface area (TPSA) is 51.0 Å². The lowest BCUT2D eigenvalue weighted by Gasteiger charge is -2.06. The van der Waals surface area contributed by atoms with E-state index in [1.165, 1.54) is 0 Å². The van der Waals surface area contributed by atoms with Crippen LogP contribution in [0.5, 0.6) is 0 Å². The minimum atomic E-state index is 0.757. The summed E-state index contributed by atoms with van der Waals surface area (Å²) >= 11 is 0. The van der Waals surface area contributed by atoms with Crippen molar-refractivity contribution in [2.24, 2.45) is 10.2 Å². The lowest BCUT2D eigenvalue weighted by atomic mass is 10.1. The SMILES string of the molecule is c1ccc(-c2coc3ccccc3c2=NN=c2c(-c3ccccc3)coc3ccccc23)cc1. The number of nitrogens with zero attached hydrogens (tertiary/aromatic N) is 2. The molecular weight excluding hydrogens is 420 g/mol. The van der Waals surface area contributed by atoms with Crippen molar-refractivity contribution < 1.29 is 8.83 Å². The first-order valence-corrected chi connectivity index (χ1v) is 11.1. The quantitative estimate of drug-likeness (QED) is 0.280. The van der Waals surface area contributed by atoms with Crippen LogP contribution in [0.3, 0.4) is 0 Å². The predicted octanol–water partition coefficient (Wildman–Crippen LogP) is 6.93. The van der Waals surface area contributed by atoms with Gasteiger partial charge in [0.15, 0.2) is 0 Å². The van der Waals surface area contributed by atoms with E-state index in [0.717, 1.165) is 54.9 Å². The van der Waals surface area contributed by atoms with E-state index in [1.54, 1.807) is 12.5 Å². The molecule has 34 heavy (non-hydrogen) atoms. The van der Waals surface area contributed by atoms with E-state index < -0.39 is 0 Å². The fourth-order valence-corrected chi connectivity index (χ4v) is 4.14. The molecule has 0 N–H and O–H groups in total. The minimum Gasteiger partial charge on any atom is -0.464 e. The van der Waals surface area contributed by atoms with Gasteiger partial charge in [0.2, 0.25) is 0 Å². The summed E-state index contributed by atoms with van der Waals surface area (Å²) in [7, 11) is 0. The maximum absolute atomic E-state index is 5.94. The molecule has 0 aliphatic carbocycles. The standard InChI is InChI=1S/C30H20N2O2/c1-3-11-21(12-4-1)25-19-33-27-17-9-7-15-23(27)29(25)31-32-30-24-16-8-10-18-28(24)34-20-26(30)22-13-5-2-6-14-22/h1-20H. The van der Waals surface area contributed by atoms with Crippen LogP contribution in [-0.2, 0) is 0 Å². The normalized spacial score (nSPS) is 12.5. The summed E-state index contributed by atoms with van der Waals surface area (Å²) in [6.45, 7) is 0. The molecule has 0 aliphatic rings. The van der Waals surface area contributed by atoms with E-state index in [9.17, 15) is 0 Å². The first kappa shape index (κ1) is 19.9. The van der Waals surface area contributed by atoms with Crippen LogP contribution >= 0.6 is 0 Å². The first-order valence-electron chi connectivity index (χ1n) is 11.1. The molecule has 4 nitrogen and oxygen atoms in total. The van der Waals surface area contributed by atoms with E-state index in [-0.39, 0.29) is 0 Å². The van der Waals surface area contributed by atoms with Crippen molar-refractivity contribution in [3.05, 3.63) is 132 Å². The van der Waals surface area contributed by atoms with Gasteiger partial charge in [-0.25, -0.2) is 0 Å². The minimum absolute atomic E-state index is 0.757. The van der Waals surface area contributed by atoms with Crippen molar-refractivity contribution in [1.82, 2.24) is 0 Å². The highest BCUT2D eigenvalue weighted by Gasteiger charge is 2.09. The van der Waals surface area contributed by atoms with Crippen molar-refractivity contribution in [2.45, 2.75) is 0 Å². The summed E-state index contributed by atoms with van der Waals surface area (Å²) < 4.78 is 11.9. The van der Waals surface area contributed by atoms with Crippen molar-refractivity contribution in [1.29, 1.82) is 0 Å². The largest absolute Gasteiger partial charge is 0.464 e. The number of hydrogen-bond donors (Lipinski definition) is 0. The molecule has 4 heteroatoms. The number of hydrogen-bond acceptors (Lipinski definition) is 4. The fourth-order valence-electron chi connectivity index (χ4n) is 4.14. The number of benzene rings is 4.